The molecule has 0 aliphatic carbocycles. The lowest BCUT2D eigenvalue weighted by molar-refractivity contribution is 0.404. The minimum atomic E-state index is -0.162. The number of phenols is 2. The molecular weight excluding hydrogens is 254 g/mol. The second-order valence-corrected chi connectivity index (χ2v) is 4.92. The third kappa shape index (κ3) is 1.79. The molecule has 2 N–H and O–H groups in total. The number of rotatable bonds is 2. The van der Waals surface area contributed by atoms with Gasteiger partial charge in [0.15, 0.2) is 17.1 Å². The number of pyridine rings is 1. The zero-order chi connectivity index (χ0) is 14.3. The van der Waals surface area contributed by atoms with E-state index in [4.69, 9.17) is 0 Å². The van der Waals surface area contributed by atoms with Gasteiger partial charge in [-0.05, 0) is 38.1 Å². The number of benzene rings is 1. The number of aromatic nitrogens is 3. The molecule has 1 aromatic carbocycles. The Bertz CT molecular complexity index is 778. The fraction of sp³-hybridized carbons (Fsp3) is 0.200. The number of fused-ring (bicyclic) bond motifs is 1. The molecule has 20 heavy (non-hydrogen) atoms. The first-order valence-corrected chi connectivity index (χ1v) is 6.44. The Kier molecular flexibility index (Phi) is 2.82. The van der Waals surface area contributed by atoms with E-state index in [9.17, 15) is 10.2 Å². The molecule has 0 saturated carbocycles. The van der Waals surface area contributed by atoms with Crippen molar-refractivity contribution < 1.29 is 10.2 Å². The molecule has 2 aromatic heterocycles. The van der Waals surface area contributed by atoms with Crippen LogP contribution in [0.3, 0.4) is 0 Å². The molecular formula is C15H15N3O2. The van der Waals surface area contributed by atoms with Crippen LogP contribution in [0.2, 0.25) is 0 Å². The minimum absolute atomic E-state index is 0.131. The first kappa shape index (κ1) is 12.5. The molecule has 0 aliphatic rings. The lowest BCUT2D eigenvalue weighted by Gasteiger charge is -2.13. The predicted octanol–water partition coefficient (Wildman–Crippen LogP) is 3.09. The van der Waals surface area contributed by atoms with Crippen molar-refractivity contribution in [2.75, 3.05) is 0 Å². The van der Waals surface area contributed by atoms with Crippen LogP contribution in [-0.2, 0) is 0 Å². The molecule has 0 bridgehead atoms. The van der Waals surface area contributed by atoms with Crippen molar-refractivity contribution in [1.82, 2.24) is 14.5 Å². The third-order valence-electron chi connectivity index (χ3n) is 3.22. The Morgan fingerprint density at radius 1 is 1.10 bits per heavy atom. The predicted molar refractivity (Wildman–Crippen MR) is 76.7 cm³/mol. The van der Waals surface area contributed by atoms with Crippen molar-refractivity contribution in [2.45, 2.75) is 19.9 Å². The maximum absolute atomic E-state index is 10.1. The first-order chi connectivity index (χ1) is 9.59. The van der Waals surface area contributed by atoms with Crippen molar-refractivity contribution in [1.29, 1.82) is 0 Å². The number of hydrogen-bond acceptors (Lipinski definition) is 4. The van der Waals surface area contributed by atoms with Gasteiger partial charge in [0.05, 0.1) is 5.56 Å². The van der Waals surface area contributed by atoms with Crippen LogP contribution < -0.4 is 0 Å². The van der Waals surface area contributed by atoms with Crippen LogP contribution in [0, 0.1) is 0 Å². The summed E-state index contributed by atoms with van der Waals surface area (Å²) in [5.74, 6) is 0.282. The average molecular weight is 269 g/mol. The highest BCUT2D eigenvalue weighted by molar-refractivity contribution is 5.79. The van der Waals surface area contributed by atoms with Gasteiger partial charge >= 0.3 is 0 Å². The molecule has 3 rings (SSSR count). The van der Waals surface area contributed by atoms with E-state index >= 15 is 0 Å². The van der Waals surface area contributed by atoms with Gasteiger partial charge in [-0.2, -0.15) is 0 Å². The van der Waals surface area contributed by atoms with E-state index in [0.717, 1.165) is 11.2 Å². The topological polar surface area (TPSA) is 71.2 Å². The van der Waals surface area contributed by atoms with E-state index in [1.165, 1.54) is 6.07 Å². The molecule has 0 saturated heterocycles. The van der Waals surface area contributed by atoms with Crippen molar-refractivity contribution in [3.63, 3.8) is 0 Å². The summed E-state index contributed by atoms with van der Waals surface area (Å²) >= 11 is 0. The van der Waals surface area contributed by atoms with Crippen LogP contribution in [0.25, 0.3) is 22.6 Å². The van der Waals surface area contributed by atoms with Gasteiger partial charge in [0.1, 0.15) is 11.3 Å². The van der Waals surface area contributed by atoms with Crippen molar-refractivity contribution in [2.24, 2.45) is 0 Å². The summed E-state index contributed by atoms with van der Waals surface area (Å²) in [7, 11) is 0. The fourth-order valence-electron chi connectivity index (χ4n) is 2.32. The van der Waals surface area contributed by atoms with Gasteiger partial charge in [0, 0.05) is 12.2 Å². The number of phenolic OH excluding ortho intramolecular Hbond substituents is 2. The molecule has 5 nitrogen and oxygen atoms in total. The van der Waals surface area contributed by atoms with Gasteiger partial charge in [0.2, 0.25) is 0 Å². The Morgan fingerprint density at radius 2 is 1.90 bits per heavy atom. The van der Waals surface area contributed by atoms with Gasteiger partial charge < -0.3 is 14.8 Å². The zero-order valence-electron chi connectivity index (χ0n) is 11.3. The second-order valence-electron chi connectivity index (χ2n) is 4.92. The summed E-state index contributed by atoms with van der Waals surface area (Å²) in [5.41, 5.74) is 2.02. The molecule has 2 heterocycles. The minimum Gasteiger partial charge on any atom is -0.504 e. The molecule has 0 radical (unpaired) electrons. The standard InChI is InChI=1S/C15H15N3O2/c1-9(2)18-14(10-5-3-7-12(19)13(10)20)17-11-6-4-8-16-15(11)18/h3-9,19-20H,1-2H3. The highest BCUT2D eigenvalue weighted by Gasteiger charge is 2.19. The number of nitrogens with zero attached hydrogens (tertiary/aromatic N) is 3. The highest BCUT2D eigenvalue weighted by Crippen LogP contribution is 2.37. The van der Waals surface area contributed by atoms with Gasteiger partial charge in [-0.1, -0.05) is 6.07 Å². The lowest BCUT2D eigenvalue weighted by Crippen LogP contribution is -2.04. The highest BCUT2D eigenvalue weighted by atomic mass is 16.3. The summed E-state index contributed by atoms with van der Waals surface area (Å²) in [6.45, 7) is 4.05. The zero-order valence-corrected chi connectivity index (χ0v) is 11.3. The molecule has 0 spiro atoms. The van der Waals surface area contributed by atoms with Crippen LogP contribution >= 0.6 is 0 Å². The number of aromatic hydroxyl groups is 2. The van der Waals surface area contributed by atoms with Crippen LogP contribution in [0.4, 0.5) is 0 Å². The van der Waals surface area contributed by atoms with E-state index < -0.39 is 0 Å². The van der Waals surface area contributed by atoms with E-state index in [2.05, 4.69) is 9.97 Å². The molecule has 0 atom stereocenters. The van der Waals surface area contributed by atoms with Crippen LogP contribution in [0.5, 0.6) is 11.5 Å². The Hall–Kier alpha value is -2.56. The molecule has 0 unspecified atom stereocenters. The molecule has 3 aromatic rings. The first-order valence-electron chi connectivity index (χ1n) is 6.44. The second kappa shape index (κ2) is 4.52. The van der Waals surface area contributed by atoms with Crippen molar-refractivity contribution in [3.8, 4) is 22.9 Å². The number of hydrogen-bond donors (Lipinski definition) is 2. The van der Waals surface area contributed by atoms with Crippen LogP contribution in [0.1, 0.15) is 19.9 Å². The summed E-state index contributed by atoms with van der Waals surface area (Å²) < 4.78 is 1.95. The van der Waals surface area contributed by atoms with Crippen LogP contribution in [0.15, 0.2) is 36.5 Å². The van der Waals surface area contributed by atoms with E-state index in [1.807, 2.05) is 30.5 Å². The van der Waals surface area contributed by atoms with E-state index in [-0.39, 0.29) is 17.5 Å². The van der Waals surface area contributed by atoms with Gasteiger partial charge in [0.25, 0.3) is 0 Å². The Labute approximate surface area is 116 Å². The van der Waals surface area contributed by atoms with Crippen molar-refractivity contribution >= 4 is 11.2 Å². The lowest BCUT2D eigenvalue weighted by atomic mass is 10.1. The Balaban J connectivity index is 2.36. The molecule has 0 aliphatic heterocycles. The monoisotopic (exact) mass is 269 g/mol. The summed E-state index contributed by atoms with van der Waals surface area (Å²) in [6.07, 6.45) is 1.72. The van der Waals surface area contributed by atoms with E-state index in [0.29, 0.717) is 11.4 Å². The quantitative estimate of drug-likeness (QED) is 0.701. The SMILES string of the molecule is CC(C)n1c(-c2cccc(O)c2O)nc2cccnc21. The normalized spacial score (nSPS) is 11.3. The molecule has 102 valence electrons. The molecule has 0 amide bonds. The average Bonchev–Trinajstić information content (AvgIpc) is 2.81. The molecule has 0 fully saturated rings. The van der Waals surface area contributed by atoms with Crippen molar-refractivity contribution in [3.05, 3.63) is 36.5 Å². The molecule has 5 heteroatoms. The number of para-hydroxylation sites is 1. The van der Waals surface area contributed by atoms with Crippen LogP contribution in [-0.4, -0.2) is 24.7 Å². The summed E-state index contributed by atoms with van der Waals surface area (Å²) in [4.78, 5) is 8.89. The fourth-order valence-corrected chi connectivity index (χ4v) is 2.32. The van der Waals surface area contributed by atoms with Gasteiger partial charge in [-0.25, -0.2) is 9.97 Å². The maximum atomic E-state index is 10.1. The van der Waals surface area contributed by atoms with Gasteiger partial charge in [-0.15, -0.1) is 0 Å². The largest absolute Gasteiger partial charge is 0.504 e. The maximum Gasteiger partial charge on any atom is 0.168 e. The smallest absolute Gasteiger partial charge is 0.168 e. The number of imidazole rings is 1. The summed E-state index contributed by atoms with van der Waals surface area (Å²) in [5, 5.41) is 19.7. The Morgan fingerprint density at radius 3 is 2.65 bits per heavy atom. The van der Waals surface area contributed by atoms with E-state index in [1.54, 1.807) is 18.3 Å². The third-order valence-corrected chi connectivity index (χ3v) is 3.22. The summed E-state index contributed by atoms with van der Waals surface area (Å²) in [6, 6.07) is 8.69. The van der Waals surface area contributed by atoms with Gasteiger partial charge in [-0.3, -0.25) is 0 Å².